The lowest BCUT2D eigenvalue weighted by Crippen LogP contribution is -2.41. The highest BCUT2D eigenvalue weighted by molar-refractivity contribution is 7.92. The third kappa shape index (κ3) is 7.13. The zero-order valence-corrected chi connectivity index (χ0v) is 20.9. The van der Waals surface area contributed by atoms with Crippen molar-refractivity contribution >= 4 is 21.6 Å². The molecule has 8 nitrogen and oxygen atoms in total. The van der Waals surface area contributed by atoms with E-state index in [0.29, 0.717) is 29.5 Å². The quantitative estimate of drug-likeness (QED) is 0.382. The molecule has 0 bridgehead atoms. The average molecular weight is 499 g/mol. The number of hydrogen-bond donors (Lipinski definition) is 1. The maximum atomic E-state index is 13.5. The molecule has 3 aromatic carbocycles. The third-order valence-corrected chi connectivity index (χ3v) is 6.85. The lowest BCUT2D eigenvalue weighted by Gasteiger charge is -2.24. The molecule has 0 aliphatic carbocycles. The first kappa shape index (κ1) is 25.9. The molecular formula is C26H30N2O6S. The first-order chi connectivity index (χ1) is 16.8. The number of methoxy groups -OCH3 is 1. The van der Waals surface area contributed by atoms with Gasteiger partial charge in [-0.2, -0.15) is 0 Å². The molecule has 0 unspecified atom stereocenters. The third-order valence-electron chi connectivity index (χ3n) is 5.07. The van der Waals surface area contributed by atoms with Gasteiger partial charge in [-0.05, 0) is 62.4 Å². The Morgan fingerprint density at radius 3 is 2.26 bits per heavy atom. The van der Waals surface area contributed by atoms with Gasteiger partial charge in [0, 0.05) is 6.07 Å². The number of aryl methyl sites for hydroxylation is 1. The Hall–Kier alpha value is -3.72. The molecule has 0 atom stereocenters. The normalized spacial score (nSPS) is 10.9. The summed E-state index contributed by atoms with van der Waals surface area (Å²) in [5.41, 5.74) is 1.37. The Labute approximate surface area is 206 Å². The second-order valence-corrected chi connectivity index (χ2v) is 9.49. The summed E-state index contributed by atoms with van der Waals surface area (Å²) in [5, 5.41) is 2.72. The van der Waals surface area contributed by atoms with Gasteiger partial charge in [-0.3, -0.25) is 9.10 Å². The first-order valence-electron chi connectivity index (χ1n) is 11.2. The molecule has 1 amide bonds. The van der Waals surface area contributed by atoms with Gasteiger partial charge in [0.2, 0.25) is 5.91 Å². The summed E-state index contributed by atoms with van der Waals surface area (Å²) in [6, 6.07) is 20.2. The monoisotopic (exact) mass is 498 g/mol. The minimum Gasteiger partial charge on any atom is -0.497 e. The van der Waals surface area contributed by atoms with Gasteiger partial charge in [-0.1, -0.05) is 23.8 Å². The van der Waals surface area contributed by atoms with Crippen molar-refractivity contribution in [3.05, 3.63) is 78.4 Å². The van der Waals surface area contributed by atoms with Crippen LogP contribution < -0.4 is 23.8 Å². The molecule has 0 aromatic heterocycles. The number of nitrogens with one attached hydrogen (secondary N) is 1. The van der Waals surface area contributed by atoms with Gasteiger partial charge in [0.05, 0.1) is 30.8 Å². The Morgan fingerprint density at radius 1 is 0.914 bits per heavy atom. The van der Waals surface area contributed by atoms with Crippen molar-refractivity contribution in [2.45, 2.75) is 18.7 Å². The number of carbonyl (C=O) groups is 1. The molecule has 1 N–H and O–H groups in total. The van der Waals surface area contributed by atoms with Crippen molar-refractivity contribution in [2.75, 3.05) is 37.7 Å². The van der Waals surface area contributed by atoms with Crippen molar-refractivity contribution in [1.82, 2.24) is 5.32 Å². The van der Waals surface area contributed by atoms with Gasteiger partial charge in [0.15, 0.2) is 0 Å². The van der Waals surface area contributed by atoms with Crippen LogP contribution in [0.2, 0.25) is 0 Å². The highest BCUT2D eigenvalue weighted by Gasteiger charge is 2.27. The molecule has 0 saturated heterocycles. The predicted octanol–water partition coefficient (Wildman–Crippen LogP) is 3.79. The van der Waals surface area contributed by atoms with Crippen molar-refractivity contribution in [3.8, 4) is 17.2 Å². The van der Waals surface area contributed by atoms with Crippen LogP contribution in [-0.4, -0.2) is 47.7 Å². The molecule has 0 aliphatic heterocycles. The summed E-state index contributed by atoms with van der Waals surface area (Å²) in [6.45, 7) is 4.28. The van der Waals surface area contributed by atoms with E-state index in [2.05, 4.69) is 5.32 Å². The van der Waals surface area contributed by atoms with Crippen molar-refractivity contribution in [2.24, 2.45) is 0 Å². The van der Waals surface area contributed by atoms with Crippen LogP contribution in [0.3, 0.4) is 0 Å². The summed E-state index contributed by atoms with van der Waals surface area (Å²) >= 11 is 0. The van der Waals surface area contributed by atoms with Gasteiger partial charge in [0.1, 0.15) is 30.4 Å². The smallest absolute Gasteiger partial charge is 0.264 e. The summed E-state index contributed by atoms with van der Waals surface area (Å²) < 4.78 is 44.2. The first-order valence-corrected chi connectivity index (χ1v) is 12.6. The van der Waals surface area contributed by atoms with Crippen LogP contribution >= 0.6 is 0 Å². The molecule has 0 saturated carbocycles. The van der Waals surface area contributed by atoms with Crippen LogP contribution in [0.4, 0.5) is 5.69 Å². The van der Waals surface area contributed by atoms with E-state index in [1.165, 1.54) is 12.1 Å². The second-order valence-electron chi connectivity index (χ2n) is 7.63. The molecule has 0 radical (unpaired) electrons. The minimum absolute atomic E-state index is 0.0655. The second kappa shape index (κ2) is 12.1. The van der Waals surface area contributed by atoms with E-state index >= 15 is 0 Å². The van der Waals surface area contributed by atoms with Crippen molar-refractivity contribution in [3.63, 3.8) is 0 Å². The molecule has 0 spiro atoms. The Kier molecular flexibility index (Phi) is 8.97. The van der Waals surface area contributed by atoms with E-state index in [0.717, 1.165) is 9.87 Å². The van der Waals surface area contributed by atoms with Gasteiger partial charge in [-0.25, -0.2) is 8.42 Å². The fourth-order valence-electron chi connectivity index (χ4n) is 3.26. The number of benzene rings is 3. The number of sulfonamides is 1. The fraction of sp³-hybridized carbons (Fsp3) is 0.269. The minimum atomic E-state index is -4.00. The molecule has 0 heterocycles. The molecule has 3 aromatic rings. The van der Waals surface area contributed by atoms with Crippen molar-refractivity contribution in [1.29, 1.82) is 0 Å². The zero-order chi connectivity index (χ0) is 25.3. The van der Waals surface area contributed by atoms with Gasteiger partial charge in [-0.15, -0.1) is 0 Å². The molecule has 35 heavy (non-hydrogen) atoms. The van der Waals surface area contributed by atoms with E-state index in [-0.39, 0.29) is 24.6 Å². The van der Waals surface area contributed by atoms with Crippen LogP contribution in [-0.2, 0) is 14.8 Å². The number of amides is 1. The lowest BCUT2D eigenvalue weighted by atomic mass is 10.2. The molecule has 3 rings (SSSR count). The Balaban J connectivity index is 1.69. The highest BCUT2D eigenvalue weighted by atomic mass is 32.2. The van der Waals surface area contributed by atoms with Crippen LogP contribution in [0, 0.1) is 6.92 Å². The maximum absolute atomic E-state index is 13.5. The van der Waals surface area contributed by atoms with E-state index in [9.17, 15) is 13.2 Å². The largest absolute Gasteiger partial charge is 0.497 e. The molecule has 9 heteroatoms. The van der Waals surface area contributed by atoms with E-state index in [4.69, 9.17) is 14.2 Å². The molecule has 0 fully saturated rings. The van der Waals surface area contributed by atoms with Gasteiger partial charge >= 0.3 is 0 Å². The van der Waals surface area contributed by atoms with E-state index < -0.39 is 15.9 Å². The van der Waals surface area contributed by atoms with Crippen molar-refractivity contribution < 1.29 is 27.4 Å². The number of anilines is 1. The standard InChI is InChI=1S/C26H30N2O6S/c1-4-33-22-12-14-25(15-13-22)35(30,31)28(21-10-8-20(2)9-11-21)19-26(29)27-16-17-34-24-7-5-6-23(18-24)32-3/h5-15,18H,4,16-17,19H2,1-3H3,(H,27,29). The van der Waals surface area contributed by atoms with Gasteiger partial charge in [0.25, 0.3) is 10.0 Å². The number of ether oxygens (including phenoxy) is 3. The topological polar surface area (TPSA) is 94.2 Å². The SMILES string of the molecule is CCOc1ccc(S(=O)(=O)N(CC(=O)NCCOc2cccc(OC)c2)c2ccc(C)cc2)cc1. The zero-order valence-electron chi connectivity index (χ0n) is 20.1. The summed E-state index contributed by atoms with van der Waals surface area (Å²) in [7, 11) is -2.43. The summed E-state index contributed by atoms with van der Waals surface area (Å²) in [6.07, 6.45) is 0. The van der Waals surface area contributed by atoms with Crippen LogP contribution in [0.15, 0.2) is 77.7 Å². The average Bonchev–Trinajstić information content (AvgIpc) is 2.86. The molecule has 186 valence electrons. The van der Waals surface area contributed by atoms with Crippen LogP contribution in [0.5, 0.6) is 17.2 Å². The maximum Gasteiger partial charge on any atom is 0.264 e. The highest BCUT2D eigenvalue weighted by Crippen LogP contribution is 2.25. The van der Waals surface area contributed by atoms with Crippen LogP contribution in [0.1, 0.15) is 12.5 Å². The number of hydrogen-bond acceptors (Lipinski definition) is 6. The number of nitrogens with zero attached hydrogens (tertiary/aromatic N) is 1. The fourth-order valence-corrected chi connectivity index (χ4v) is 4.69. The van der Waals surface area contributed by atoms with E-state index in [1.807, 2.05) is 13.8 Å². The summed E-state index contributed by atoms with van der Waals surface area (Å²) in [5.74, 6) is 1.40. The van der Waals surface area contributed by atoms with Crippen LogP contribution in [0.25, 0.3) is 0 Å². The number of rotatable bonds is 12. The summed E-state index contributed by atoms with van der Waals surface area (Å²) in [4.78, 5) is 12.8. The molecule has 0 aliphatic rings. The number of carbonyl (C=O) groups excluding carboxylic acids is 1. The lowest BCUT2D eigenvalue weighted by molar-refractivity contribution is -0.119. The Morgan fingerprint density at radius 2 is 1.60 bits per heavy atom. The Bertz CT molecular complexity index is 1210. The van der Waals surface area contributed by atoms with E-state index in [1.54, 1.807) is 67.8 Å². The van der Waals surface area contributed by atoms with Gasteiger partial charge < -0.3 is 19.5 Å². The molecular weight excluding hydrogens is 468 g/mol. The predicted molar refractivity (Wildman–Crippen MR) is 135 cm³/mol.